The molecule has 3 heteroatoms. The van der Waals surface area contributed by atoms with Gasteiger partial charge in [-0.3, -0.25) is 4.79 Å². The van der Waals surface area contributed by atoms with E-state index < -0.39 is 0 Å². The Morgan fingerprint density at radius 2 is 2.06 bits per heavy atom. The lowest BCUT2D eigenvalue weighted by molar-refractivity contribution is -0.132. The SMILES string of the molecule is C/C=C/CCNC(=O)C1(CN)CCCCC1. The first kappa shape index (κ1) is 13.2. The molecule has 1 saturated carbocycles. The molecule has 0 aromatic rings. The van der Waals surface area contributed by atoms with Crippen molar-refractivity contribution in [3.05, 3.63) is 12.2 Å². The summed E-state index contributed by atoms with van der Waals surface area (Å²) in [5.41, 5.74) is 5.53. The molecule has 0 heterocycles. The fourth-order valence-corrected chi connectivity index (χ4v) is 2.38. The zero-order chi connectivity index (χ0) is 11.9. The van der Waals surface area contributed by atoms with Crippen LogP contribution in [0.3, 0.4) is 0 Å². The van der Waals surface area contributed by atoms with Crippen LogP contribution >= 0.6 is 0 Å². The second-order valence-electron chi connectivity index (χ2n) is 4.66. The monoisotopic (exact) mass is 224 g/mol. The van der Waals surface area contributed by atoms with Gasteiger partial charge in [-0.2, -0.15) is 0 Å². The highest BCUT2D eigenvalue weighted by Crippen LogP contribution is 2.35. The van der Waals surface area contributed by atoms with Crippen molar-refractivity contribution >= 4 is 5.91 Å². The maximum atomic E-state index is 12.1. The van der Waals surface area contributed by atoms with E-state index in [4.69, 9.17) is 5.73 Å². The second kappa shape index (κ2) is 6.69. The van der Waals surface area contributed by atoms with E-state index in [2.05, 4.69) is 11.4 Å². The fraction of sp³-hybridized carbons (Fsp3) is 0.769. The van der Waals surface area contributed by atoms with Crippen LogP contribution in [0.1, 0.15) is 45.4 Å². The maximum absolute atomic E-state index is 12.1. The summed E-state index contributed by atoms with van der Waals surface area (Å²) in [6, 6.07) is 0. The first-order valence-electron chi connectivity index (χ1n) is 6.35. The number of hydrogen-bond acceptors (Lipinski definition) is 2. The molecule has 1 aliphatic rings. The van der Waals surface area contributed by atoms with Gasteiger partial charge in [0.15, 0.2) is 0 Å². The van der Waals surface area contributed by atoms with Crippen LogP contribution in [0, 0.1) is 5.41 Å². The number of nitrogens with one attached hydrogen (secondary N) is 1. The lowest BCUT2D eigenvalue weighted by Crippen LogP contribution is -2.47. The molecule has 1 rings (SSSR count). The Morgan fingerprint density at radius 3 is 2.62 bits per heavy atom. The molecule has 0 aromatic heterocycles. The number of hydrogen-bond donors (Lipinski definition) is 2. The Labute approximate surface area is 98.5 Å². The van der Waals surface area contributed by atoms with Crippen LogP contribution in [-0.2, 0) is 4.79 Å². The van der Waals surface area contributed by atoms with E-state index in [9.17, 15) is 4.79 Å². The minimum Gasteiger partial charge on any atom is -0.355 e. The van der Waals surface area contributed by atoms with Gasteiger partial charge in [0.05, 0.1) is 5.41 Å². The zero-order valence-corrected chi connectivity index (χ0v) is 10.3. The number of amides is 1. The summed E-state index contributed by atoms with van der Waals surface area (Å²) in [6.45, 7) is 3.21. The standard InChI is InChI=1S/C13H24N2O/c1-2-3-7-10-15-12(16)13(11-14)8-5-4-6-9-13/h2-3H,4-11,14H2,1H3,(H,15,16)/b3-2+. The Hall–Kier alpha value is -0.830. The minimum absolute atomic E-state index is 0.166. The topological polar surface area (TPSA) is 55.1 Å². The van der Waals surface area contributed by atoms with Crippen LogP contribution in [0.4, 0.5) is 0 Å². The van der Waals surface area contributed by atoms with E-state index in [-0.39, 0.29) is 11.3 Å². The van der Waals surface area contributed by atoms with Crippen molar-refractivity contribution in [1.29, 1.82) is 0 Å². The normalized spacial score (nSPS) is 19.9. The van der Waals surface area contributed by atoms with Crippen LogP contribution in [0.5, 0.6) is 0 Å². The Morgan fingerprint density at radius 1 is 1.38 bits per heavy atom. The molecule has 1 fully saturated rings. The van der Waals surface area contributed by atoms with E-state index in [0.717, 1.165) is 38.6 Å². The predicted octanol–water partition coefficient (Wildman–Crippen LogP) is 1.98. The molecule has 92 valence electrons. The number of nitrogens with two attached hydrogens (primary N) is 1. The van der Waals surface area contributed by atoms with Crippen LogP contribution < -0.4 is 11.1 Å². The first-order chi connectivity index (χ1) is 7.75. The second-order valence-corrected chi connectivity index (χ2v) is 4.66. The number of carbonyl (C=O) groups excluding carboxylic acids is 1. The number of carbonyl (C=O) groups is 1. The molecule has 16 heavy (non-hydrogen) atoms. The van der Waals surface area contributed by atoms with Crippen LogP contribution in [0.25, 0.3) is 0 Å². The van der Waals surface area contributed by atoms with Gasteiger partial charge in [0.1, 0.15) is 0 Å². The molecule has 1 amide bonds. The van der Waals surface area contributed by atoms with E-state index >= 15 is 0 Å². The van der Waals surface area contributed by atoms with Gasteiger partial charge in [-0.25, -0.2) is 0 Å². The molecule has 0 bridgehead atoms. The van der Waals surface area contributed by atoms with Crippen molar-refractivity contribution in [3.63, 3.8) is 0 Å². The summed E-state index contributed by atoms with van der Waals surface area (Å²) in [5, 5.41) is 3.01. The largest absolute Gasteiger partial charge is 0.355 e. The highest BCUT2D eigenvalue weighted by molar-refractivity contribution is 5.83. The third kappa shape index (κ3) is 3.34. The lowest BCUT2D eigenvalue weighted by Gasteiger charge is -2.34. The van der Waals surface area contributed by atoms with E-state index in [1.807, 2.05) is 13.0 Å². The quantitative estimate of drug-likeness (QED) is 0.554. The van der Waals surface area contributed by atoms with Crippen molar-refractivity contribution in [2.45, 2.75) is 45.4 Å². The van der Waals surface area contributed by atoms with Gasteiger partial charge in [0.2, 0.25) is 5.91 Å². The average molecular weight is 224 g/mol. The Kier molecular flexibility index (Phi) is 5.53. The summed E-state index contributed by atoms with van der Waals surface area (Å²) in [5.74, 6) is 0.166. The molecule has 0 radical (unpaired) electrons. The van der Waals surface area contributed by atoms with Gasteiger partial charge >= 0.3 is 0 Å². The fourth-order valence-electron chi connectivity index (χ4n) is 2.38. The smallest absolute Gasteiger partial charge is 0.227 e. The third-order valence-electron chi connectivity index (χ3n) is 3.52. The highest BCUT2D eigenvalue weighted by Gasteiger charge is 2.37. The van der Waals surface area contributed by atoms with Crippen molar-refractivity contribution in [1.82, 2.24) is 5.32 Å². The molecule has 0 aromatic carbocycles. The van der Waals surface area contributed by atoms with Gasteiger partial charge in [0.25, 0.3) is 0 Å². The van der Waals surface area contributed by atoms with Gasteiger partial charge in [-0.05, 0) is 26.2 Å². The van der Waals surface area contributed by atoms with Crippen molar-refractivity contribution < 1.29 is 4.79 Å². The van der Waals surface area contributed by atoms with Crippen molar-refractivity contribution in [2.75, 3.05) is 13.1 Å². The minimum atomic E-state index is -0.270. The summed E-state index contributed by atoms with van der Waals surface area (Å²) in [4.78, 5) is 12.1. The van der Waals surface area contributed by atoms with Crippen LogP contribution in [-0.4, -0.2) is 19.0 Å². The molecule has 3 nitrogen and oxygen atoms in total. The number of rotatable bonds is 5. The molecule has 3 N–H and O–H groups in total. The molecule has 1 aliphatic carbocycles. The molecule has 0 saturated heterocycles. The van der Waals surface area contributed by atoms with Gasteiger partial charge < -0.3 is 11.1 Å². The Balaban J connectivity index is 2.42. The van der Waals surface area contributed by atoms with E-state index in [0.29, 0.717) is 6.54 Å². The summed E-state index contributed by atoms with van der Waals surface area (Å²) in [6.07, 6.45) is 10.4. The lowest BCUT2D eigenvalue weighted by atomic mass is 9.73. The van der Waals surface area contributed by atoms with Crippen molar-refractivity contribution in [2.24, 2.45) is 11.1 Å². The first-order valence-corrected chi connectivity index (χ1v) is 6.35. The van der Waals surface area contributed by atoms with E-state index in [1.54, 1.807) is 0 Å². The number of allylic oxidation sites excluding steroid dienone is 1. The molecular weight excluding hydrogens is 200 g/mol. The van der Waals surface area contributed by atoms with Crippen molar-refractivity contribution in [3.8, 4) is 0 Å². The average Bonchev–Trinajstić information content (AvgIpc) is 2.35. The summed E-state index contributed by atoms with van der Waals surface area (Å²) >= 11 is 0. The molecule has 0 unspecified atom stereocenters. The highest BCUT2D eigenvalue weighted by atomic mass is 16.2. The predicted molar refractivity (Wildman–Crippen MR) is 67.0 cm³/mol. The van der Waals surface area contributed by atoms with Crippen LogP contribution in [0.2, 0.25) is 0 Å². The zero-order valence-electron chi connectivity index (χ0n) is 10.3. The van der Waals surface area contributed by atoms with Gasteiger partial charge in [-0.15, -0.1) is 0 Å². The molecule has 0 atom stereocenters. The Bertz CT molecular complexity index is 242. The maximum Gasteiger partial charge on any atom is 0.227 e. The van der Waals surface area contributed by atoms with E-state index in [1.165, 1.54) is 6.42 Å². The third-order valence-corrected chi connectivity index (χ3v) is 3.52. The summed E-state index contributed by atoms with van der Waals surface area (Å²) < 4.78 is 0. The van der Waals surface area contributed by atoms with Gasteiger partial charge in [-0.1, -0.05) is 31.4 Å². The van der Waals surface area contributed by atoms with Crippen LogP contribution in [0.15, 0.2) is 12.2 Å². The van der Waals surface area contributed by atoms with Gasteiger partial charge in [0, 0.05) is 13.1 Å². The summed E-state index contributed by atoms with van der Waals surface area (Å²) in [7, 11) is 0. The molecule has 0 aliphatic heterocycles. The molecule has 0 spiro atoms. The molecular formula is C13H24N2O.